The highest BCUT2D eigenvalue weighted by atomic mass is 31.2. The van der Waals surface area contributed by atoms with E-state index in [4.69, 9.17) is 19.6 Å². The average Bonchev–Trinajstić information content (AvgIpc) is 2.43. The van der Waals surface area contributed by atoms with Crippen LogP contribution in [0.5, 0.6) is 0 Å². The summed E-state index contributed by atoms with van der Waals surface area (Å²) < 4.78 is 77.0. The minimum Gasteiger partial charge on any atom is -0.320 e. The van der Waals surface area contributed by atoms with E-state index >= 15 is 0 Å². The molecule has 24 heavy (non-hydrogen) atoms. The number of halogens is 4. The van der Waals surface area contributed by atoms with Gasteiger partial charge in [0.1, 0.15) is 0 Å². The Hall–Kier alpha value is -1.28. The van der Waals surface area contributed by atoms with Gasteiger partial charge >= 0.3 is 26.5 Å². The van der Waals surface area contributed by atoms with Crippen LogP contribution in [0.2, 0.25) is 0 Å². The number of rotatable bonds is 4. The van der Waals surface area contributed by atoms with Crippen molar-refractivity contribution in [1.29, 1.82) is 0 Å². The van der Waals surface area contributed by atoms with Crippen LogP contribution < -0.4 is 0 Å². The lowest BCUT2D eigenvalue weighted by atomic mass is 10.0. The van der Waals surface area contributed by atoms with Gasteiger partial charge in [0.25, 0.3) is 0 Å². The monoisotopic (exact) mass is 388 g/mol. The number of hydrogen-bond acceptors (Lipinski definition) is 2. The van der Waals surface area contributed by atoms with Crippen LogP contribution in [0.1, 0.15) is 11.1 Å². The highest BCUT2D eigenvalue weighted by molar-refractivity contribution is 7.53. The Labute approximate surface area is 132 Å². The Balaban J connectivity index is 2.72. The van der Waals surface area contributed by atoms with Gasteiger partial charge in [0.2, 0.25) is 0 Å². The zero-order chi connectivity index (χ0) is 18.6. The minimum absolute atomic E-state index is 0.286. The second-order valence-corrected chi connectivity index (χ2v) is 8.21. The van der Waals surface area contributed by atoms with Crippen molar-refractivity contribution in [3.05, 3.63) is 47.5 Å². The molecule has 6 nitrogen and oxygen atoms in total. The Morgan fingerprint density at radius 3 is 1.83 bits per heavy atom. The maximum Gasteiger partial charge on any atom is 0.399 e. The molecule has 2 aromatic carbocycles. The molecule has 0 amide bonds. The van der Waals surface area contributed by atoms with Gasteiger partial charge in [-0.2, -0.15) is 17.6 Å². The standard InChI is InChI=1S/C12H10F4O6P2/c13-11(14,23(17,18)19)8-4-5-9-7(6-8)2-1-3-10(9)12(15,16)24(20,21)22/h1-6H,(H2,17,18,19)(H2,20,21,22). The first-order valence-corrected chi connectivity index (χ1v) is 9.33. The molecule has 0 saturated carbocycles. The van der Waals surface area contributed by atoms with Crippen LogP contribution in [-0.2, 0) is 20.5 Å². The van der Waals surface area contributed by atoms with Crippen LogP contribution >= 0.6 is 15.2 Å². The highest BCUT2D eigenvalue weighted by Gasteiger charge is 2.52. The van der Waals surface area contributed by atoms with E-state index in [-0.39, 0.29) is 5.39 Å². The Bertz CT molecular complexity index is 888. The lowest BCUT2D eigenvalue weighted by molar-refractivity contribution is 0.0563. The third kappa shape index (κ3) is 3.01. The van der Waals surface area contributed by atoms with Crippen molar-refractivity contribution in [3.63, 3.8) is 0 Å². The van der Waals surface area contributed by atoms with Crippen molar-refractivity contribution in [3.8, 4) is 0 Å². The van der Waals surface area contributed by atoms with E-state index in [9.17, 15) is 26.7 Å². The topological polar surface area (TPSA) is 115 Å². The summed E-state index contributed by atoms with van der Waals surface area (Å²) in [6.07, 6.45) is 0. The SMILES string of the molecule is O=P(O)(O)C(F)(F)c1ccc2c(C(F)(F)P(=O)(O)O)cccc2c1. The molecule has 0 saturated heterocycles. The first kappa shape index (κ1) is 19.1. The normalized spacial score (nSPS) is 14.2. The van der Waals surface area contributed by atoms with Gasteiger partial charge in [-0.05, 0) is 16.8 Å². The van der Waals surface area contributed by atoms with Crippen LogP contribution in [-0.4, -0.2) is 19.6 Å². The number of hydrogen-bond donors (Lipinski definition) is 4. The molecule has 0 aromatic heterocycles. The Morgan fingerprint density at radius 2 is 1.33 bits per heavy atom. The summed E-state index contributed by atoms with van der Waals surface area (Å²) in [5, 5.41) is -0.720. The van der Waals surface area contributed by atoms with E-state index in [1.165, 1.54) is 0 Å². The van der Waals surface area contributed by atoms with Crippen molar-refractivity contribution in [2.75, 3.05) is 0 Å². The van der Waals surface area contributed by atoms with Crippen molar-refractivity contribution in [2.24, 2.45) is 0 Å². The zero-order valence-corrected chi connectivity index (χ0v) is 13.3. The summed E-state index contributed by atoms with van der Waals surface area (Å²) in [5.41, 5.74) is -11.3. The molecule has 2 aromatic rings. The van der Waals surface area contributed by atoms with Crippen molar-refractivity contribution in [1.82, 2.24) is 0 Å². The van der Waals surface area contributed by atoms with Gasteiger partial charge in [-0.3, -0.25) is 9.13 Å². The van der Waals surface area contributed by atoms with E-state index in [0.717, 1.165) is 18.2 Å². The third-order valence-electron chi connectivity index (χ3n) is 3.28. The lowest BCUT2D eigenvalue weighted by Gasteiger charge is -2.21. The predicted octanol–water partition coefficient (Wildman–Crippen LogP) is 3.29. The fourth-order valence-corrected chi connectivity index (χ4v) is 3.04. The Kier molecular flexibility index (Phi) is 4.46. The summed E-state index contributed by atoms with van der Waals surface area (Å²) in [7, 11) is -11.7. The quantitative estimate of drug-likeness (QED) is 0.472. The van der Waals surface area contributed by atoms with Gasteiger partial charge in [-0.25, -0.2) is 0 Å². The molecule has 2 rings (SSSR count). The van der Waals surface area contributed by atoms with Crippen LogP contribution in [0.15, 0.2) is 36.4 Å². The third-order valence-corrected chi connectivity index (χ3v) is 5.25. The summed E-state index contributed by atoms with van der Waals surface area (Å²) in [6, 6.07) is 4.57. The van der Waals surface area contributed by atoms with Crippen molar-refractivity contribution >= 4 is 26.0 Å². The molecule has 0 radical (unpaired) electrons. The van der Waals surface area contributed by atoms with Crippen LogP contribution in [0.25, 0.3) is 10.8 Å². The number of benzene rings is 2. The summed E-state index contributed by atoms with van der Waals surface area (Å²) in [4.78, 5) is 35.0. The second-order valence-electron chi connectivity index (χ2n) is 4.91. The van der Waals surface area contributed by atoms with Crippen LogP contribution in [0.4, 0.5) is 17.6 Å². The molecule has 0 atom stereocenters. The molecule has 0 fully saturated rings. The molecular weight excluding hydrogens is 378 g/mol. The van der Waals surface area contributed by atoms with Crippen LogP contribution in [0, 0.1) is 0 Å². The molecule has 0 unspecified atom stereocenters. The van der Waals surface area contributed by atoms with Crippen LogP contribution in [0.3, 0.4) is 0 Å². The first-order valence-electron chi connectivity index (χ1n) is 6.10. The largest absolute Gasteiger partial charge is 0.399 e. The molecule has 0 aliphatic rings. The van der Waals surface area contributed by atoms with Crippen molar-refractivity contribution in [2.45, 2.75) is 11.3 Å². The van der Waals surface area contributed by atoms with E-state index in [2.05, 4.69) is 0 Å². The van der Waals surface area contributed by atoms with E-state index in [0.29, 0.717) is 18.2 Å². The molecule has 0 heterocycles. The number of fused-ring (bicyclic) bond motifs is 1. The molecule has 0 aliphatic heterocycles. The Morgan fingerprint density at radius 1 is 0.792 bits per heavy atom. The molecule has 132 valence electrons. The van der Waals surface area contributed by atoms with Crippen molar-refractivity contribution < 1.29 is 46.3 Å². The first-order chi connectivity index (χ1) is 10.7. The molecule has 0 spiro atoms. The van der Waals surface area contributed by atoms with Gasteiger partial charge in [-0.15, -0.1) is 0 Å². The fraction of sp³-hybridized carbons (Fsp3) is 0.167. The maximum absolute atomic E-state index is 13.9. The maximum atomic E-state index is 13.9. The van der Waals surface area contributed by atoms with E-state index < -0.39 is 43.0 Å². The molecule has 12 heteroatoms. The molecular formula is C12H10F4O6P2. The molecule has 0 bridgehead atoms. The van der Waals surface area contributed by atoms with Gasteiger partial charge in [0.15, 0.2) is 0 Å². The average molecular weight is 388 g/mol. The van der Waals surface area contributed by atoms with E-state index in [1.807, 2.05) is 0 Å². The number of alkyl halides is 4. The zero-order valence-electron chi connectivity index (χ0n) is 11.5. The van der Waals surface area contributed by atoms with Gasteiger partial charge in [0, 0.05) is 11.1 Å². The molecule has 0 aliphatic carbocycles. The smallest absolute Gasteiger partial charge is 0.320 e. The lowest BCUT2D eigenvalue weighted by Crippen LogP contribution is -2.15. The predicted molar refractivity (Wildman–Crippen MR) is 75.8 cm³/mol. The highest BCUT2D eigenvalue weighted by Crippen LogP contribution is 2.61. The van der Waals surface area contributed by atoms with E-state index in [1.54, 1.807) is 0 Å². The van der Waals surface area contributed by atoms with Gasteiger partial charge in [0.05, 0.1) is 0 Å². The minimum atomic E-state index is -5.87. The fourth-order valence-electron chi connectivity index (χ4n) is 2.06. The molecule has 4 N–H and O–H groups in total. The van der Waals surface area contributed by atoms with Gasteiger partial charge < -0.3 is 19.6 Å². The second kappa shape index (κ2) is 5.62. The summed E-state index contributed by atoms with van der Waals surface area (Å²) in [6.45, 7) is 0. The summed E-state index contributed by atoms with van der Waals surface area (Å²) >= 11 is 0. The summed E-state index contributed by atoms with van der Waals surface area (Å²) in [5.74, 6) is 0. The van der Waals surface area contributed by atoms with Gasteiger partial charge in [-0.1, -0.05) is 30.3 Å².